The van der Waals surface area contributed by atoms with Crippen LogP contribution in [0.5, 0.6) is 0 Å². The van der Waals surface area contributed by atoms with Gasteiger partial charge in [-0.2, -0.15) is 0 Å². The maximum absolute atomic E-state index is 13.6. The van der Waals surface area contributed by atoms with E-state index >= 15 is 0 Å². The highest BCUT2D eigenvalue weighted by molar-refractivity contribution is 9.10. The Morgan fingerprint density at radius 2 is 1.90 bits per heavy atom. The highest BCUT2D eigenvalue weighted by Crippen LogP contribution is 2.49. The molecule has 2 aromatic rings. The molecular formula is C24H26BrNO3. The van der Waals surface area contributed by atoms with Crippen LogP contribution in [0.2, 0.25) is 0 Å². The molecular weight excluding hydrogens is 430 g/mol. The summed E-state index contributed by atoms with van der Waals surface area (Å²) in [5.74, 6) is 0.0183. The molecule has 0 radical (unpaired) electrons. The fraction of sp³-hybridized carbons (Fsp3) is 0.333. The zero-order chi connectivity index (χ0) is 21.2. The van der Waals surface area contributed by atoms with E-state index in [0.717, 1.165) is 15.6 Å². The van der Waals surface area contributed by atoms with Gasteiger partial charge in [0, 0.05) is 10.0 Å². The number of ether oxygens (including phenoxy) is 1. The van der Waals surface area contributed by atoms with Crippen LogP contribution in [0, 0.1) is 5.41 Å². The van der Waals surface area contributed by atoms with Gasteiger partial charge in [-0.3, -0.25) is 4.79 Å². The first-order valence-corrected chi connectivity index (χ1v) is 10.4. The Morgan fingerprint density at radius 1 is 1.24 bits per heavy atom. The van der Waals surface area contributed by atoms with Crippen LogP contribution in [0.25, 0.3) is 0 Å². The first-order valence-electron chi connectivity index (χ1n) is 9.65. The molecule has 1 aliphatic rings. The molecule has 3 rings (SSSR count). The second-order valence-corrected chi connectivity index (χ2v) is 9.27. The predicted octanol–water partition coefficient (Wildman–Crippen LogP) is 6.02. The fourth-order valence-electron chi connectivity index (χ4n) is 4.01. The van der Waals surface area contributed by atoms with Crippen molar-refractivity contribution in [1.29, 1.82) is 0 Å². The number of hydrogen-bond acceptors (Lipinski definition) is 3. The summed E-state index contributed by atoms with van der Waals surface area (Å²) in [6.07, 6.45) is 2.16. The number of hydrogen-bond donors (Lipinski definition) is 1. The van der Waals surface area contributed by atoms with Gasteiger partial charge in [0.25, 0.3) is 0 Å². The van der Waals surface area contributed by atoms with Crippen molar-refractivity contribution in [2.24, 2.45) is 5.41 Å². The summed E-state index contributed by atoms with van der Waals surface area (Å²) in [7, 11) is 0. The predicted molar refractivity (Wildman–Crippen MR) is 118 cm³/mol. The van der Waals surface area contributed by atoms with Crippen molar-refractivity contribution in [3.8, 4) is 0 Å². The number of carbonyl (C=O) groups is 2. The summed E-state index contributed by atoms with van der Waals surface area (Å²) in [5.41, 5.74) is 1.02. The first-order chi connectivity index (χ1) is 13.7. The number of fused-ring (bicyclic) bond motifs is 1. The van der Waals surface area contributed by atoms with E-state index in [9.17, 15) is 9.59 Å². The summed E-state index contributed by atoms with van der Waals surface area (Å²) in [6.45, 7) is 9.34. The molecule has 29 heavy (non-hydrogen) atoms. The highest BCUT2D eigenvalue weighted by Gasteiger charge is 2.51. The van der Waals surface area contributed by atoms with Crippen molar-refractivity contribution in [3.05, 3.63) is 82.3 Å². The van der Waals surface area contributed by atoms with E-state index < -0.39 is 23.2 Å². The van der Waals surface area contributed by atoms with Crippen molar-refractivity contribution >= 4 is 27.8 Å². The number of alkyl carbamates (subject to hydrolysis) is 1. The quantitative estimate of drug-likeness (QED) is 0.560. The number of allylic oxidation sites excluding steroid dienone is 1. The number of rotatable bonds is 5. The summed E-state index contributed by atoms with van der Waals surface area (Å²) < 4.78 is 6.35. The maximum Gasteiger partial charge on any atom is 0.408 e. The van der Waals surface area contributed by atoms with Crippen molar-refractivity contribution < 1.29 is 14.3 Å². The summed E-state index contributed by atoms with van der Waals surface area (Å²) in [5, 5.41) is 3.00. The molecule has 0 aromatic heterocycles. The van der Waals surface area contributed by atoms with Gasteiger partial charge in [0.2, 0.25) is 0 Å². The fourth-order valence-corrected chi connectivity index (χ4v) is 4.52. The molecule has 0 saturated heterocycles. The molecule has 0 unspecified atom stereocenters. The van der Waals surface area contributed by atoms with Crippen LogP contribution in [0.4, 0.5) is 4.79 Å². The minimum absolute atomic E-state index is 0.0183. The average molecular weight is 456 g/mol. The van der Waals surface area contributed by atoms with Crippen molar-refractivity contribution in [2.75, 3.05) is 0 Å². The molecule has 0 bridgehead atoms. The van der Waals surface area contributed by atoms with Crippen LogP contribution in [-0.2, 0) is 11.2 Å². The number of carbonyl (C=O) groups excluding carboxylic acids is 2. The third-order valence-corrected chi connectivity index (χ3v) is 5.88. The average Bonchev–Trinajstić information content (AvgIpc) is 2.92. The SMILES string of the molecule is C=CC[C@]1([C@@H](NC(=O)OC(C)(C)C)c2ccccc2Br)Cc2ccccc2C1=O. The molecule has 5 heteroatoms. The van der Waals surface area contributed by atoms with Crippen LogP contribution < -0.4 is 5.32 Å². The van der Waals surface area contributed by atoms with E-state index in [1.165, 1.54) is 0 Å². The molecule has 1 amide bonds. The van der Waals surface area contributed by atoms with Gasteiger partial charge in [-0.1, -0.05) is 64.5 Å². The number of halogens is 1. The van der Waals surface area contributed by atoms with Crippen molar-refractivity contribution in [1.82, 2.24) is 5.32 Å². The second kappa shape index (κ2) is 8.15. The lowest BCUT2D eigenvalue weighted by Gasteiger charge is -2.37. The van der Waals surface area contributed by atoms with Crippen LogP contribution in [0.1, 0.15) is 54.7 Å². The summed E-state index contributed by atoms with van der Waals surface area (Å²) in [4.78, 5) is 26.4. The topological polar surface area (TPSA) is 55.4 Å². The standard InChI is InChI=1S/C24H26BrNO3/c1-5-14-24(15-16-10-6-7-11-17(16)21(24)27)20(18-12-8-9-13-19(18)25)26-22(28)29-23(2,3)4/h5-13,20H,1,14-15H2,2-4H3,(H,26,28)/t20-,24+/m0/s1. The molecule has 0 saturated carbocycles. The molecule has 2 atom stereocenters. The zero-order valence-corrected chi connectivity index (χ0v) is 18.6. The van der Waals surface area contributed by atoms with Gasteiger partial charge in [0.05, 0.1) is 11.5 Å². The van der Waals surface area contributed by atoms with Gasteiger partial charge in [0.1, 0.15) is 5.60 Å². The Kier molecular flexibility index (Phi) is 5.99. The second-order valence-electron chi connectivity index (χ2n) is 8.41. The van der Waals surface area contributed by atoms with E-state index in [-0.39, 0.29) is 5.78 Å². The Hall–Kier alpha value is -2.40. The van der Waals surface area contributed by atoms with Gasteiger partial charge in [-0.25, -0.2) is 4.79 Å². The lowest BCUT2D eigenvalue weighted by atomic mass is 9.71. The zero-order valence-electron chi connectivity index (χ0n) is 17.0. The summed E-state index contributed by atoms with van der Waals surface area (Å²) in [6, 6.07) is 14.7. The number of nitrogens with one attached hydrogen (secondary N) is 1. The molecule has 152 valence electrons. The Balaban J connectivity index is 2.11. The van der Waals surface area contributed by atoms with E-state index in [1.807, 2.05) is 69.3 Å². The van der Waals surface area contributed by atoms with Gasteiger partial charge >= 0.3 is 6.09 Å². The maximum atomic E-state index is 13.6. The third kappa shape index (κ3) is 4.30. The normalized spacial score (nSPS) is 19.4. The van der Waals surface area contributed by atoms with Crippen LogP contribution in [0.3, 0.4) is 0 Å². The lowest BCUT2D eigenvalue weighted by Crippen LogP contribution is -2.46. The molecule has 0 heterocycles. The van der Waals surface area contributed by atoms with Gasteiger partial charge in [-0.05, 0) is 50.8 Å². The van der Waals surface area contributed by atoms with E-state index in [1.54, 1.807) is 6.08 Å². The highest BCUT2D eigenvalue weighted by atomic mass is 79.9. The van der Waals surface area contributed by atoms with E-state index in [2.05, 4.69) is 27.8 Å². The van der Waals surface area contributed by atoms with Gasteiger partial charge < -0.3 is 10.1 Å². The Bertz CT molecular complexity index is 947. The van der Waals surface area contributed by atoms with Crippen LogP contribution >= 0.6 is 15.9 Å². The minimum atomic E-state index is -0.869. The summed E-state index contributed by atoms with van der Waals surface area (Å²) >= 11 is 3.60. The van der Waals surface area contributed by atoms with E-state index in [4.69, 9.17) is 4.74 Å². The Morgan fingerprint density at radius 3 is 2.52 bits per heavy atom. The van der Waals surface area contributed by atoms with Crippen LogP contribution in [-0.4, -0.2) is 17.5 Å². The van der Waals surface area contributed by atoms with Gasteiger partial charge in [0.15, 0.2) is 5.78 Å². The number of amides is 1. The molecule has 0 fully saturated rings. The number of benzene rings is 2. The lowest BCUT2D eigenvalue weighted by molar-refractivity contribution is 0.0432. The third-order valence-electron chi connectivity index (χ3n) is 5.16. The smallest absolute Gasteiger partial charge is 0.408 e. The first kappa shape index (κ1) is 21.3. The van der Waals surface area contributed by atoms with Crippen molar-refractivity contribution in [2.45, 2.75) is 45.3 Å². The molecule has 1 N–H and O–H groups in total. The molecule has 0 aliphatic heterocycles. The van der Waals surface area contributed by atoms with Crippen LogP contribution in [0.15, 0.2) is 65.7 Å². The largest absolute Gasteiger partial charge is 0.444 e. The molecule has 1 aliphatic carbocycles. The molecule has 2 aromatic carbocycles. The van der Waals surface area contributed by atoms with Crippen molar-refractivity contribution in [3.63, 3.8) is 0 Å². The molecule has 0 spiro atoms. The molecule has 4 nitrogen and oxygen atoms in total. The Labute approximate surface area is 180 Å². The van der Waals surface area contributed by atoms with Gasteiger partial charge in [-0.15, -0.1) is 6.58 Å². The van der Waals surface area contributed by atoms with E-state index in [0.29, 0.717) is 18.4 Å². The minimum Gasteiger partial charge on any atom is -0.444 e. The monoisotopic (exact) mass is 455 g/mol. The number of Topliss-reactive ketones (excluding diaryl/α,β-unsaturated/α-hetero) is 1. The number of ketones is 1.